The highest BCUT2D eigenvalue weighted by molar-refractivity contribution is 14.0. The van der Waals surface area contributed by atoms with Gasteiger partial charge in [0.1, 0.15) is 0 Å². The first kappa shape index (κ1) is 24.1. The maximum atomic E-state index is 12.0. The van der Waals surface area contributed by atoms with Crippen molar-refractivity contribution in [3.05, 3.63) is 34.3 Å². The Morgan fingerprint density at radius 3 is 2.59 bits per heavy atom. The van der Waals surface area contributed by atoms with Crippen LogP contribution in [-0.4, -0.2) is 76.3 Å². The monoisotopic (exact) mass is 553 g/mol. The summed E-state index contributed by atoms with van der Waals surface area (Å²) in [7, 11) is 1.76. The van der Waals surface area contributed by atoms with Gasteiger partial charge in [0.25, 0.3) is 5.91 Å². The molecule has 2 rings (SSSR count). The number of carbonyl (C=O) groups excluding carboxylic acids is 1. The molecule has 1 aromatic rings. The van der Waals surface area contributed by atoms with Crippen molar-refractivity contribution in [2.24, 2.45) is 4.99 Å². The number of morpholine rings is 1. The molecule has 0 unspecified atom stereocenters. The highest BCUT2D eigenvalue weighted by Crippen LogP contribution is 2.11. The van der Waals surface area contributed by atoms with Crippen LogP contribution in [0.4, 0.5) is 0 Å². The number of amides is 1. The van der Waals surface area contributed by atoms with Gasteiger partial charge in [-0.05, 0) is 24.6 Å². The number of halogens is 2. The van der Waals surface area contributed by atoms with E-state index in [1.807, 2.05) is 18.2 Å². The zero-order valence-corrected chi connectivity index (χ0v) is 19.6. The third-order valence-electron chi connectivity index (χ3n) is 4.07. The summed E-state index contributed by atoms with van der Waals surface area (Å²) in [5.74, 6) is 0.732. The number of ether oxygens (including phenoxy) is 1. The number of nitrogens with one attached hydrogen (secondary N) is 3. The lowest BCUT2D eigenvalue weighted by molar-refractivity contribution is 0.0389. The summed E-state index contributed by atoms with van der Waals surface area (Å²) < 4.78 is 6.25. The molecule has 0 radical (unpaired) electrons. The average molecular weight is 554 g/mol. The molecule has 1 fully saturated rings. The van der Waals surface area contributed by atoms with Crippen molar-refractivity contribution in [3.8, 4) is 0 Å². The average Bonchev–Trinajstić information content (AvgIpc) is 2.67. The summed E-state index contributed by atoms with van der Waals surface area (Å²) in [4.78, 5) is 18.6. The lowest BCUT2D eigenvalue weighted by Crippen LogP contribution is -2.44. The zero-order chi connectivity index (χ0) is 18.6. The first-order chi connectivity index (χ1) is 12.7. The summed E-state index contributed by atoms with van der Waals surface area (Å²) >= 11 is 3.37. The van der Waals surface area contributed by atoms with Crippen molar-refractivity contribution >= 4 is 51.8 Å². The molecule has 1 heterocycles. The molecule has 1 aliphatic rings. The Labute approximate surface area is 186 Å². The van der Waals surface area contributed by atoms with Gasteiger partial charge in [-0.25, -0.2) is 0 Å². The molecule has 0 bridgehead atoms. The molecule has 3 N–H and O–H groups in total. The largest absolute Gasteiger partial charge is 0.379 e. The van der Waals surface area contributed by atoms with Gasteiger partial charge in [0.05, 0.1) is 13.2 Å². The minimum absolute atomic E-state index is 0. The quantitative estimate of drug-likeness (QED) is 0.198. The molecule has 0 saturated carbocycles. The van der Waals surface area contributed by atoms with Gasteiger partial charge in [-0.15, -0.1) is 24.0 Å². The van der Waals surface area contributed by atoms with Gasteiger partial charge in [-0.3, -0.25) is 14.7 Å². The maximum Gasteiger partial charge on any atom is 0.251 e. The Morgan fingerprint density at radius 1 is 1.19 bits per heavy atom. The zero-order valence-electron chi connectivity index (χ0n) is 15.7. The second-order valence-electron chi connectivity index (χ2n) is 6.00. The van der Waals surface area contributed by atoms with E-state index in [4.69, 9.17) is 4.74 Å². The van der Waals surface area contributed by atoms with Crippen LogP contribution in [0, 0.1) is 0 Å². The Hall–Kier alpha value is -0.910. The minimum atomic E-state index is -0.0562. The van der Waals surface area contributed by atoms with Gasteiger partial charge in [-0.2, -0.15) is 0 Å². The molecule has 7 nitrogen and oxygen atoms in total. The van der Waals surface area contributed by atoms with E-state index < -0.39 is 0 Å². The van der Waals surface area contributed by atoms with Gasteiger partial charge in [0.2, 0.25) is 0 Å². The fourth-order valence-electron chi connectivity index (χ4n) is 2.61. The number of rotatable bonds is 8. The first-order valence-electron chi connectivity index (χ1n) is 8.97. The first-order valence-corrected chi connectivity index (χ1v) is 9.76. The molecule has 0 aliphatic carbocycles. The van der Waals surface area contributed by atoms with Crippen LogP contribution >= 0.6 is 39.9 Å². The van der Waals surface area contributed by atoms with E-state index in [1.54, 1.807) is 13.1 Å². The number of carbonyl (C=O) groups is 1. The van der Waals surface area contributed by atoms with Crippen LogP contribution in [0.5, 0.6) is 0 Å². The molecule has 9 heteroatoms. The fraction of sp³-hybridized carbons (Fsp3) is 0.556. The van der Waals surface area contributed by atoms with Crippen LogP contribution in [0.15, 0.2) is 33.7 Å². The summed E-state index contributed by atoms with van der Waals surface area (Å²) in [6.45, 7) is 6.80. The van der Waals surface area contributed by atoms with E-state index in [0.717, 1.165) is 62.8 Å². The fourth-order valence-corrected chi connectivity index (χ4v) is 3.01. The SMILES string of the molecule is CN=C(NCCCNC(=O)c1cccc(Br)c1)NCCN1CCOCC1.I. The Morgan fingerprint density at radius 2 is 1.89 bits per heavy atom. The number of aliphatic imine (C=N–C) groups is 1. The number of nitrogens with zero attached hydrogens (tertiary/aromatic N) is 2. The molecule has 0 spiro atoms. The third-order valence-corrected chi connectivity index (χ3v) is 4.56. The molecular weight excluding hydrogens is 525 g/mol. The topological polar surface area (TPSA) is 78.0 Å². The highest BCUT2D eigenvalue weighted by atomic mass is 127. The van der Waals surface area contributed by atoms with Crippen LogP contribution in [-0.2, 0) is 4.74 Å². The number of hydrogen-bond acceptors (Lipinski definition) is 4. The predicted molar refractivity (Wildman–Crippen MR) is 123 cm³/mol. The van der Waals surface area contributed by atoms with Gasteiger partial charge < -0.3 is 20.7 Å². The molecule has 0 aromatic heterocycles. The number of guanidine groups is 1. The third kappa shape index (κ3) is 9.72. The maximum absolute atomic E-state index is 12.0. The number of hydrogen-bond donors (Lipinski definition) is 3. The second kappa shape index (κ2) is 14.1. The molecular formula is C18H29BrIN5O2. The molecule has 1 saturated heterocycles. The van der Waals surface area contributed by atoms with Crippen molar-refractivity contribution in [1.82, 2.24) is 20.9 Å². The normalized spacial score (nSPS) is 15.0. The molecule has 1 aromatic carbocycles. The second-order valence-corrected chi connectivity index (χ2v) is 6.92. The van der Waals surface area contributed by atoms with Crippen LogP contribution in [0.25, 0.3) is 0 Å². The van der Waals surface area contributed by atoms with Crippen LogP contribution in [0.3, 0.4) is 0 Å². The highest BCUT2D eigenvalue weighted by Gasteiger charge is 2.09. The van der Waals surface area contributed by atoms with E-state index in [2.05, 4.69) is 41.8 Å². The standard InChI is InChI=1S/C18H28BrN5O2.HI/c1-20-18(23-8-9-24-10-12-26-13-11-24)22-7-3-6-21-17(25)15-4-2-5-16(19)14-15;/h2,4-5,14H,3,6-13H2,1H3,(H,21,25)(H2,20,22,23);1H. The van der Waals surface area contributed by atoms with E-state index in [1.165, 1.54) is 0 Å². The molecule has 1 amide bonds. The van der Waals surface area contributed by atoms with Crippen molar-refractivity contribution in [2.45, 2.75) is 6.42 Å². The van der Waals surface area contributed by atoms with E-state index in [9.17, 15) is 4.79 Å². The van der Waals surface area contributed by atoms with Crippen LogP contribution < -0.4 is 16.0 Å². The predicted octanol–water partition coefficient (Wildman–Crippen LogP) is 1.68. The Balaban J connectivity index is 0.00000364. The van der Waals surface area contributed by atoms with Crippen molar-refractivity contribution < 1.29 is 9.53 Å². The van der Waals surface area contributed by atoms with Crippen LogP contribution in [0.1, 0.15) is 16.8 Å². The van der Waals surface area contributed by atoms with E-state index >= 15 is 0 Å². The lowest BCUT2D eigenvalue weighted by Gasteiger charge is -2.26. The summed E-state index contributed by atoms with van der Waals surface area (Å²) in [5.41, 5.74) is 0.660. The Bertz CT molecular complexity index is 597. The molecule has 0 atom stereocenters. The van der Waals surface area contributed by atoms with Gasteiger partial charge in [0.15, 0.2) is 5.96 Å². The summed E-state index contributed by atoms with van der Waals surface area (Å²) in [5, 5.41) is 9.50. The van der Waals surface area contributed by atoms with Gasteiger partial charge >= 0.3 is 0 Å². The van der Waals surface area contributed by atoms with Gasteiger partial charge in [-0.1, -0.05) is 22.0 Å². The summed E-state index contributed by atoms with van der Waals surface area (Å²) in [6.07, 6.45) is 0.823. The molecule has 152 valence electrons. The van der Waals surface area contributed by atoms with E-state index in [-0.39, 0.29) is 29.9 Å². The van der Waals surface area contributed by atoms with Crippen molar-refractivity contribution in [1.29, 1.82) is 0 Å². The smallest absolute Gasteiger partial charge is 0.251 e. The van der Waals surface area contributed by atoms with Crippen molar-refractivity contribution in [2.75, 3.05) is 59.5 Å². The van der Waals surface area contributed by atoms with Crippen LogP contribution in [0.2, 0.25) is 0 Å². The summed E-state index contributed by atoms with van der Waals surface area (Å²) in [6, 6.07) is 7.37. The molecule has 27 heavy (non-hydrogen) atoms. The van der Waals surface area contributed by atoms with Crippen molar-refractivity contribution in [3.63, 3.8) is 0 Å². The lowest BCUT2D eigenvalue weighted by atomic mass is 10.2. The van der Waals surface area contributed by atoms with Gasteiger partial charge in [0, 0.05) is 56.4 Å². The van der Waals surface area contributed by atoms with E-state index in [0.29, 0.717) is 12.1 Å². The number of benzene rings is 1. The molecule has 1 aliphatic heterocycles. The minimum Gasteiger partial charge on any atom is -0.379 e. The Kier molecular flexibility index (Phi) is 12.6.